The van der Waals surface area contributed by atoms with Crippen molar-refractivity contribution in [1.29, 1.82) is 0 Å². The van der Waals surface area contributed by atoms with Gasteiger partial charge in [-0.25, -0.2) is 0 Å². The molecule has 0 N–H and O–H groups in total. The highest BCUT2D eigenvalue weighted by Crippen LogP contribution is 2.53. The first-order chi connectivity index (χ1) is 7.98. The normalized spacial score (nSPS) is 36.4. The van der Waals surface area contributed by atoms with E-state index in [1.165, 1.54) is 56.7 Å². The average molecular weight is 301 g/mol. The summed E-state index contributed by atoms with van der Waals surface area (Å²) in [7, 11) is 0. The van der Waals surface area contributed by atoms with Gasteiger partial charge in [0.15, 0.2) is 0 Å². The summed E-state index contributed by atoms with van der Waals surface area (Å²) >= 11 is 3.85. The maximum Gasteiger partial charge on any atom is 0.00906 e. The highest BCUT2D eigenvalue weighted by Gasteiger charge is 2.43. The first-order valence-electron chi connectivity index (χ1n) is 7.54. The van der Waals surface area contributed by atoms with E-state index in [-0.39, 0.29) is 0 Å². The Labute approximate surface area is 116 Å². The van der Waals surface area contributed by atoms with Crippen molar-refractivity contribution in [3.8, 4) is 0 Å². The minimum absolute atomic E-state index is 0.522. The number of alkyl halides is 1. The molecule has 0 heterocycles. The Morgan fingerprint density at radius 2 is 1.53 bits per heavy atom. The molecule has 0 unspecified atom stereocenters. The zero-order valence-electron chi connectivity index (χ0n) is 11.9. The predicted molar refractivity (Wildman–Crippen MR) is 79.6 cm³/mol. The Morgan fingerprint density at radius 1 is 1.00 bits per heavy atom. The topological polar surface area (TPSA) is 0 Å². The number of hydrogen-bond acceptors (Lipinski definition) is 0. The highest BCUT2D eigenvalue weighted by molar-refractivity contribution is 9.09. The standard InChI is InChI=1S/C16H29Br/c1-15(2,3)13-8-10-16(12-17,11-9-13)14-6-4-5-7-14/h13-14H,4-12H2,1-3H3. The second-order valence-electron chi connectivity index (χ2n) is 7.62. The van der Waals surface area contributed by atoms with Crippen molar-refractivity contribution in [2.24, 2.45) is 22.7 Å². The van der Waals surface area contributed by atoms with Crippen molar-refractivity contribution < 1.29 is 0 Å². The molecule has 0 aromatic heterocycles. The van der Waals surface area contributed by atoms with Crippen molar-refractivity contribution in [1.82, 2.24) is 0 Å². The fourth-order valence-corrected chi connectivity index (χ4v) is 5.27. The summed E-state index contributed by atoms with van der Waals surface area (Å²) in [6, 6.07) is 0. The highest BCUT2D eigenvalue weighted by atomic mass is 79.9. The van der Waals surface area contributed by atoms with Crippen molar-refractivity contribution in [2.45, 2.75) is 72.1 Å². The van der Waals surface area contributed by atoms with E-state index in [2.05, 4.69) is 36.7 Å². The molecule has 0 saturated heterocycles. The van der Waals surface area contributed by atoms with Gasteiger partial charge in [0.1, 0.15) is 0 Å². The third-order valence-corrected chi connectivity index (χ3v) is 6.81. The minimum Gasteiger partial charge on any atom is -0.0922 e. The van der Waals surface area contributed by atoms with Crippen molar-refractivity contribution >= 4 is 15.9 Å². The summed E-state index contributed by atoms with van der Waals surface area (Å²) in [5, 5.41) is 1.25. The third-order valence-electron chi connectivity index (χ3n) is 5.69. The van der Waals surface area contributed by atoms with Gasteiger partial charge in [-0.2, -0.15) is 0 Å². The van der Waals surface area contributed by atoms with Gasteiger partial charge >= 0.3 is 0 Å². The van der Waals surface area contributed by atoms with E-state index in [9.17, 15) is 0 Å². The Morgan fingerprint density at radius 3 is 1.94 bits per heavy atom. The largest absolute Gasteiger partial charge is 0.0922 e. The van der Waals surface area contributed by atoms with Gasteiger partial charge in [0.25, 0.3) is 0 Å². The summed E-state index contributed by atoms with van der Waals surface area (Å²) in [6.45, 7) is 7.27. The monoisotopic (exact) mass is 300 g/mol. The Bertz CT molecular complexity index is 237. The van der Waals surface area contributed by atoms with Gasteiger partial charge in [0.05, 0.1) is 0 Å². The Hall–Kier alpha value is 0.480. The third kappa shape index (κ3) is 2.91. The van der Waals surface area contributed by atoms with E-state index in [0.29, 0.717) is 10.8 Å². The van der Waals surface area contributed by atoms with Crippen LogP contribution in [0.1, 0.15) is 72.1 Å². The van der Waals surface area contributed by atoms with E-state index in [0.717, 1.165) is 11.8 Å². The van der Waals surface area contributed by atoms with Crippen LogP contribution in [0.3, 0.4) is 0 Å². The van der Waals surface area contributed by atoms with E-state index >= 15 is 0 Å². The van der Waals surface area contributed by atoms with Gasteiger partial charge in [-0.15, -0.1) is 0 Å². The smallest absolute Gasteiger partial charge is 0.00906 e. The predicted octanol–water partition coefficient (Wildman–Crippen LogP) is 5.79. The fraction of sp³-hybridized carbons (Fsp3) is 1.00. The molecule has 17 heavy (non-hydrogen) atoms. The SMILES string of the molecule is CC(C)(C)C1CCC(CBr)(C2CCCC2)CC1. The van der Waals surface area contributed by atoms with Gasteiger partial charge in [-0.1, -0.05) is 49.5 Å². The molecule has 0 amide bonds. The van der Waals surface area contributed by atoms with Crippen LogP contribution in [0.15, 0.2) is 0 Å². The van der Waals surface area contributed by atoms with Crippen LogP contribution >= 0.6 is 15.9 Å². The zero-order valence-corrected chi connectivity index (χ0v) is 13.5. The molecule has 0 nitrogen and oxygen atoms in total. The van der Waals surface area contributed by atoms with E-state index in [1.807, 2.05) is 0 Å². The van der Waals surface area contributed by atoms with Gasteiger partial charge in [0, 0.05) is 5.33 Å². The molecule has 0 atom stereocenters. The lowest BCUT2D eigenvalue weighted by atomic mass is 9.60. The second kappa shape index (κ2) is 5.23. The van der Waals surface area contributed by atoms with E-state index < -0.39 is 0 Å². The molecular weight excluding hydrogens is 272 g/mol. The first-order valence-corrected chi connectivity index (χ1v) is 8.66. The van der Waals surface area contributed by atoms with Crippen LogP contribution in [0.5, 0.6) is 0 Å². The fourth-order valence-electron chi connectivity index (χ4n) is 4.25. The Balaban J connectivity index is 1.99. The van der Waals surface area contributed by atoms with Crippen LogP contribution < -0.4 is 0 Å². The van der Waals surface area contributed by atoms with Crippen LogP contribution in [0, 0.1) is 22.7 Å². The molecule has 2 aliphatic rings. The first kappa shape index (κ1) is 13.9. The van der Waals surface area contributed by atoms with Gasteiger partial charge < -0.3 is 0 Å². The average Bonchev–Trinajstić information content (AvgIpc) is 2.82. The molecule has 2 aliphatic carbocycles. The van der Waals surface area contributed by atoms with Crippen LogP contribution in [0.2, 0.25) is 0 Å². The maximum atomic E-state index is 3.85. The molecule has 0 aromatic rings. The quantitative estimate of drug-likeness (QED) is 0.566. The summed E-state index contributed by atoms with van der Waals surface area (Å²) in [6.07, 6.45) is 11.9. The number of hydrogen-bond donors (Lipinski definition) is 0. The van der Waals surface area contributed by atoms with Crippen LogP contribution in [0.4, 0.5) is 0 Å². The summed E-state index contributed by atoms with van der Waals surface area (Å²) in [5.74, 6) is 1.99. The molecule has 0 bridgehead atoms. The molecule has 0 aromatic carbocycles. The van der Waals surface area contributed by atoms with Gasteiger partial charge in [0.2, 0.25) is 0 Å². The molecule has 0 spiro atoms. The number of halogens is 1. The van der Waals surface area contributed by atoms with Crippen molar-refractivity contribution in [3.05, 3.63) is 0 Å². The zero-order chi connectivity index (χ0) is 12.5. The number of rotatable bonds is 2. The van der Waals surface area contributed by atoms with Crippen molar-refractivity contribution in [3.63, 3.8) is 0 Å². The minimum atomic E-state index is 0.522. The van der Waals surface area contributed by atoms with Gasteiger partial charge in [-0.05, 0) is 61.2 Å². The second-order valence-corrected chi connectivity index (χ2v) is 8.18. The molecule has 100 valence electrons. The Kier molecular flexibility index (Phi) is 4.28. The molecular formula is C16H29Br. The van der Waals surface area contributed by atoms with E-state index in [1.54, 1.807) is 0 Å². The molecule has 2 saturated carbocycles. The lowest BCUT2D eigenvalue weighted by molar-refractivity contribution is 0.0605. The molecule has 0 radical (unpaired) electrons. The molecule has 2 rings (SSSR count). The van der Waals surface area contributed by atoms with Crippen LogP contribution in [-0.4, -0.2) is 5.33 Å². The molecule has 2 fully saturated rings. The summed E-state index contributed by atoms with van der Waals surface area (Å²) in [5.41, 5.74) is 1.19. The maximum absolute atomic E-state index is 3.85. The molecule has 0 aliphatic heterocycles. The molecule has 1 heteroatoms. The lowest BCUT2D eigenvalue weighted by Crippen LogP contribution is -2.38. The summed E-state index contributed by atoms with van der Waals surface area (Å²) in [4.78, 5) is 0. The van der Waals surface area contributed by atoms with Crippen LogP contribution in [-0.2, 0) is 0 Å². The van der Waals surface area contributed by atoms with E-state index in [4.69, 9.17) is 0 Å². The summed E-state index contributed by atoms with van der Waals surface area (Å²) < 4.78 is 0. The lowest BCUT2D eigenvalue weighted by Gasteiger charge is -2.46. The van der Waals surface area contributed by atoms with Crippen LogP contribution in [0.25, 0.3) is 0 Å². The van der Waals surface area contributed by atoms with Crippen molar-refractivity contribution in [2.75, 3.05) is 5.33 Å². The van der Waals surface area contributed by atoms with Gasteiger partial charge in [-0.3, -0.25) is 0 Å².